The molecule has 1 heterocycles. The van der Waals surface area contributed by atoms with E-state index in [1.165, 1.54) is 17.7 Å². The van der Waals surface area contributed by atoms with Crippen molar-refractivity contribution in [3.05, 3.63) is 71.7 Å². The number of benzene rings is 2. The lowest BCUT2D eigenvalue weighted by Gasteiger charge is -2.02. The number of nitrogen functional groups attached to an aromatic ring is 1. The topological polar surface area (TPSA) is 43.8 Å². The molecule has 0 spiro atoms. The van der Waals surface area contributed by atoms with Crippen molar-refractivity contribution in [2.75, 3.05) is 5.73 Å². The second-order valence-electron chi connectivity index (χ2n) is 5.13. The first kappa shape index (κ1) is 13.4. The Balaban J connectivity index is 1.89. The molecule has 0 atom stereocenters. The monoisotopic (exact) mass is 281 g/mol. The Bertz CT molecular complexity index is 760. The normalized spacial score (nSPS) is 10.8. The van der Waals surface area contributed by atoms with Crippen LogP contribution in [0.4, 0.5) is 10.1 Å². The predicted molar refractivity (Wildman–Crippen MR) is 82.3 cm³/mol. The Kier molecular flexibility index (Phi) is 3.44. The molecule has 0 amide bonds. The molecule has 0 radical (unpaired) electrons. The van der Waals surface area contributed by atoms with Gasteiger partial charge in [0.15, 0.2) is 0 Å². The van der Waals surface area contributed by atoms with E-state index >= 15 is 0 Å². The smallest absolute Gasteiger partial charge is 0.123 e. The number of aromatic nitrogens is 2. The zero-order valence-corrected chi connectivity index (χ0v) is 11.8. The van der Waals surface area contributed by atoms with Crippen LogP contribution < -0.4 is 5.73 Å². The first-order valence-corrected chi connectivity index (χ1v) is 6.76. The Hall–Kier alpha value is -2.62. The van der Waals surface area contributed by atoms with E-state index < -0.39 is 0 Å². The van der Waals surface area contributed by atoms with Crippen LogP contribution in [0.15, 0.2) is 54.7 Å². The van der Waals surface area contributed by atoms with Gasteiger partial charge in [-0.15, -0.1) is 0 Å². The maximum atomic E-state index is 12.9. The first-order chi connectivity index (χ1) is 10.1. The summed E-state index contributed by atoms with van der Waals surface area (Å²) < 4.78 is 14.7. The molecule has 106 valence electrons. The standard InChI is InChI=1S/C17H16FN3/c1-12-3-2-4-14(9-12)17-16(19)11-21(20-17)10-13-5-7-15(18)8-6-13/h2-9,11H,10,19H2,1H3. The highest BCUT2D eigenvalue weighted by Crippen LogP contribution is 2.25. The third-order valence-electron chi connectivity index (χ3n) is 3.34. The summed E-state index contributed by atoms with van der Waals surface area (Å²) in [6.45, 7) is 2.60. The van der Waals surface area contributed by atoms with Gasteiger partial charge in [0.25, 0.3) is 0 Å². The minimum Gasteiger partial charge on any atom is -0.396 e. The molecule has 3 nitrogen and oxygen atoms in total. The highest BCUT2D eigenvalue weighted by molar-refractivity contribution is 5.72. The maximum Gasteiger partial charge on any atom is 0.123 e. The molecular weight excluding hydrogens is 265 g/mol. The molecule has 0 fully saturated rings. The average Bonchev–Trinajstić information content (AvgIpc) is 2.82. The fourth-order valence-corrected chi connectivity index (χ4v) is 2.31. The van der Waals surface area contributed by atoms with Crippen LogP contribution in [-0.4, -0.2) is 9.78 Å². The number of hydrogen-bond acceptors (Lipinski definition) is 2. The van der Waals surface area contributed by atoms with Gasteiger partial charge in [-0.3, -0.25) is 4.68 Å². The number of rotatable bonds is 3. The molecule has 0 unspecified atom stereocenters. The Morgan fingerprint density at radius 2 is 1.90 bits per heavy atom. The third-order valence-corrected chi connectivity index (χ3v) is 3.34. The molecule has 0 aliphatic carbocycles. The van der Waals surface area contributed by atoms with Crippen LogP contribution >= 0.6 is 0 Å². The summed E-state index contributed by atoms with van der Waals surface area (Å²) in [5.74, 6) is -0.237. The van der Waals surface area contributed by atoms with E-state index in [9.17, 15) is 4.39 Å². The molecule has 1 aromatic heterocycles. The fraction of sp³-hybridized carbons (Fsp3) is 0.118. The van der Waals surface area contributed by atoms with Gasteiger partial charge in [-0.05, 0) is 30.7 Å². The van der Waals surface area contributed by atoms with E-state index in [1.807, 2.05) is 25.1 Å². The molecule has 0 saturated carbocycles. The van der Waals surface area contributed by atoms with Crippen LogP contribution in [0.5, 0.6) is 0 Å². The van der Waals surface area contributed by atoms with Gasteiger partial charge in [0.05, 0.1) is 12.2 Å². The molecule has 3 rings (SSSR count). The lowest BCUT2D eigenvalue weighted by molar-refractivity contribution is 0.624. The zero-order valence-electron chi connectivity index (χ0n) is 11.8. The highest BCUT2D eigenvalue weighted by atomic mass is 19.1. The van der Waals surface area contributed by atoms with Gasteiger partial charge in [0.2, 0.25) is 0 Å². The number of hydrogen-bond donors (Lipinski definition) is 1. The maximum absolute atomic E-state index is 12.9. The Morgan fingerprint density at radius 1 is 1.14 bits per heavy atom. The number of nitrogens with two attached hydrogens (primary N) is 1. The predicted octanol–water partition coefficient (Wildman–Crippen LogP) is 3.63. The SMILES string of the molecule is Cc1cccc(-c2nn(Cc3ccc(F)cc3)cc2N)c1. The summed E-state index contributed by atoms with van der Waals surface area (Å²) >= 11 is 0. The van der Waals surface area contributed by atoms with Crippen molar-refractivity contribution in [1.29, 1.82) is 0 Å². The summed E-state index contributed by atoms with van der Waals surface area (Å²) in [6.07, 6.45) is 1.81. The molecular formula is C17H16FN3. The van der Waals surface area contributed by atoms with Gasteiger partial charge in [-0.2, -0.15) is 5.10 Å². The van der Waals surface area contributed by atoms with Crippen molar-refractivity contribution >= 4 is 5.69 Å². The third kappa shape index (κ3) is 2.94. The van der Waals surface area contributed by atoms with Gasteiger partial charge in [0, 0.05) is 11.8 Å². The van der Waals surface area contributed by atoms with Gasteiger partial charge in [-0.25, -0.2) is 4.39 Å². The highest BCUT2D eigenvalue weighted by Gasteiger charge is 2.09. The molecule has 0 saturated heterocycles. The van der Waals surface area contributed by atoms with E-state index in [1.54, 1.807) is 23.0 Å². The molecule has 0 bridgehead atoms. The Morgan fingerprint density at radius 3 is 2.62 bits per heavy atom. The van der Waals surface area contributed by atoms with Gasteiger partial charge in [-0.1, -0.05) is 35.9 Å². The fourth-order valence-electron chi connectivity index (χ4n) is 2.31. The van der Waals surface area contributed by atoms with Crippen LogP contribution in [0.3, 0.4) is 0 Å². The van der Waals surface area contributed by atoms with Gasteiger partial charge < -0.3 is 5.73 Å². The van der Waals surface area contributed by atoms with Gasteiger partial charge in [0.1, 0.15) is 11.5 Å². The zero-order chi connectivity index (χ0) is 14.8. The lowest BCUT2D eigenvalue weighted by Crippen LogP contribution is -2.00. The van der Waals surface area contributed by atoms with E-state index in [0.717, 1.165) is 16.8 Å². The van der Waals surface area contributed by atoms with E-state index in [-0.39, 0.29) is 5.82 Å². The second kappa shape index (κ2) is 5.40. The van der Waals surface area contributed by atoms with Crippen molar-refractivity contribution in [2.24, 2.45) is 0 Å². The summed E-state index contributed by atoms with van der Waals surface area (Å²) in [6, 6.07) is 14.5. The quantitative estimate of drug-likeness (QED) is 0.796. The van der Waals surface area contributed by atoms with Crippen molar-refractivity contribution in [3.63, 3.8) is 0 Å². The van der Waals surface area contributed by atoms with E-state index in [4.69, 9.17) is 5.73 Å². The number of aryl methyl sites for hydroxylation is 1. The number of nitrogens with zero attached hydrogens (tertiary/aromatic N) is 2. The van der Waals surface area contributed by atoms with Crippen LogP contribution in [0.25, 0.3) is 11.3 Å². The Labute approximate surface area is 122 Å². The van der Waals surface area contributed by atoms with E-state index in [2.05, 4.69) is 11.2 Å². The number of anilines is 1. The van der Waals surface area contributed by atoms with Crippen molar-refractivity contribution < 1.29 is 4.39 Å². The summed E-state index contributed by atoms with van der Waals surface area (Å²) in [7, 11) is 0. The van der Waals surface area contributed by atoms with Crippen LogP contribution in [0, 0.1) is 12.7 Å². The minimum atomic E-state index is -0.237. The molecule has 21 heavy (non-hydrogen) atoms. The summed E-state index contributed by atoms with van der Waals surface area (Å²) in [5, 5.41) is 4.54. The van der Waals surface area contributed by atoms with Crippen molar-refractivity contribution in [3.8, 4) is 11.3 Å². The van der Waals surface area contributed by atoms with Crippen molar-refractivity contribution in [1.82, 2.24) is 9.78 Å². The molecule has 4 heteroatoms. The molecule has 2 N–H and O–H groups in total. The van der Waals surface area contributed by atoms with E-state index in [0.29, 0.717) is 12.2 Å². The van der Waals surface area contributed by atoms with Crippen LogP contribution in [0.1, 0.15) is 11.1 Å². The van der Waals surface area contributed by atoms with Gasteiger partial charge >= 0.3 is 0 Å². The molecule has 2 aromatic carbocycles. The largest absolute Gasteiger partial charge is 0.396 e. The summed E-state index contributed by atoms with van der Waals surface area (Å²) in [4.78, 5) is 0. The summed E-state index contributed by atoms with van der Waals surface area (Å²) in [5.41, 5.74) is 10.6. The first-order valence-electron chi connectivity index (χ1n) is 6.76. The van der Waals surface area contributed by atoms with Crippen LogP contribution in [-0.2, 0) is 6.54 Å². The average molecular weight is 281 g/mol. The van der Waals surface area contributed by atoms with Crippen LogP contribution in [0.2, 0.25) is 0 Å². The molecule has 0 aliphatic rings. The lowest BCUT2D eigenvalue weighted by atomic mass is 10.1. The van der Waals surface area contributed by atoms with Crippen molar-refractivity contribution in [2.45, 2.75) is 13.5 Å². The number of halogens is 1. The second-order valence-corrected chi connectivity index (χ2v) is 5.13. The molecule has 3 aromatic rings. The molecule has 0 aliphatic heterocycles. The minimum absolute atomic E-state index is 0.237.